The third-order valence-electron chi connectivity index (χ3n) is 3.62. The molecular weight excluding hydrogens is 254 g/mol. The summed E-state index contributed by atoms with van der Waals surface area (Å²) in [5.74, 6) is -0.372. The fourth-order valence-corrected chi connectivity index (χ4v) is 2.50. The van der Waals surface area contributed by atoms with E-state index in [9.17, 15) is 9.59 Å². The van der Waals surface area contributed by atoms with Gasteiger partial charge >= 0.3 is 6.09 Å². The number of carbonyl (C=O) groups is 2. The Hall–Kier alpha value is -1.84. The second kappa shape index (κ2) is 7.08. The van der Waals surface area contributed by atoms with Crippen molar-refractivity contribution in [2.75, 3.05) is 13.2 Å². The van der Waals surface area contributed by atoms with Crippen molar-refractivity contribution < 1.29 is 14.3 Å². The van der Waals surface area contributed by atoms with E-state index in [0.717, 1.165) is 31.2 Å². The second-order valence-corrected chi connectivity index (χ2v) is 5.06. The van der Waals surface area contributed by atoms with Gasteiger partial charge < -0.3 is 4.74 Å². The number of benzene rings is 1. The summed E-state index contributed by atoms with van der Waals surface area (Å²) in [4.78, 5) is 25.4. The van der Waals surface area contributed by atoms with Gasteiger partial charge in [0, 0.05) is 0 Å². The van der Waals surface area contributed by atoms with Crippen molar-refractivity contribution in [3.63, 3.8) is 0 Å². The molecule has 1 aliphatic heterocycles. The molecule has 0 aromatic heterocycles. The summed E-state index contributed by atoms with van der Waals surface area (Å²) in [7, 11) is 0. The molecule has 2 amide bonds. The molecule has 0 radical (unpaired) electrons. The summed E-state index contributed by atoms with van der Waals surface area (Å²) in [6.45, 7) is 2.81. The highest BCUT2D eigenvalue weighted by molar-refractivity contribution is 5.96. The van der Waals surface area contributed by atoms with E-state index in [2.05, 4.69) is 6.92 Å². The lowest BCUT2D eigenvalue weighted by molar-refractivity contribution is -0.129. The predicted molar refractivity (Wildman–Crippen MR) is 76.4 cm³/mol. The van der Waals surface area contributed by atoms with Crippen molar-refractivity contribution in [3.05, 3.63) is 35.9 Å². The summed E-state index contributed by atoms with van der Waals surface area (Å²) in [5, 5.41) is 0. The number of cyclic esters (lactones) is 1. The highest BCUT2D eigenvalue weighted by Gasteiger charge is 2.33. The van der Waals surface area contributed by atoms with Gasteiger partial charge in [0.05, 0.1) is 12.5 Å². The van der Waals surface area contributed by atoms with Gasteiger partial charge in [0.25, 0.3) is 0 Å². The number of amides is 2. The standard InChI is InChI=1S/C16H21NO3/c1-2-3-5-10-14(13-8-6-4-7-9-13)15(18)17-11-12-20-16(17)19/h4,6-9,14H,2-3,5,10-12H2,1H3. The number of ether oxygens (including phenoxy) is 1. The van der Waals surface area contributed by atoms with Crippen LogP contribution in [0.1, 0.15) is 44.1 Å². The van der Waals surface area contributed by atoms with Crippen LogP contribution in [0.15, 0.2) is 30.3 Å². The van der Waals surface area contributed by atoms with Gasteiger partial charge in [-0.3, -0.25) is 4.79 Å². The Morgan fingerprint density at radius 3 is 2.65 bits per heavy atom. The Labute approximate surface area is 119 Å². The Bertz CT molecular complexity index is 458. The first-order valence-electron chi connectivity index (χ1n) is 7.27. The lowest BCUT2D eigenvalue weighted by Crippen LogP contribution is -2.35. The van der Waals surface area contributed by atoms with E-state index in [-0.39, 0.29) is 11.8 Å². The Morgan fingerprint density at radius 1 is 1.30 bits per heavy atom. The zero-order valence-corrected chi connectivity index (χ0v) is 11.9. The number of hydrogen-bond donors (Lipinski definition) is 0. The van der Waals surface area contributed by atoms with Crippen LogP contribution in [0.3, 0.4) is 0 Å². The number of imide groups is 1. The summed E-state index contributed by atoms with van der Waals surface area (Å²) in [6.07, 6.45) is 3.47. The van der Waals surface area contributed by atoms with E-state index in [1.54, 1.807) is 0 Å². The van der Waals surface area contributed by atoms with Crippen molar-refractivity contribution in [2.24, 2.45) is 0 Å². The lowest BCUT2D eigenvalue weighted by Gasteiger charge is -2.20. The smallest absolute Gasteiger partial charge is 0.416 e. The third kappa shape index (κ3) is 3.38. The first-order chi connectivity index (χ1) is 9.74. The molecule has 1 unspecified atom stereocenters. The van der Waals surface area contributed by atoms with Crippen LogP contribution in [0.5, 0.6) is 0 Å². The summed E-state index contributed by atoms with van der Waals surface area (Å²) in [5.41, 5.74) is 0.980. The van der Waals surface area contributed by atoms with Crippen molar-refractivity contribution >= 4 is 12.0 Å². The molecule has 1 fully saturated rings. The van der Waals surface area contributed by atoms with Crippen LogP contribution in [0.25, 0.3) is 0 Å². The topological polar surface area (TPSA) is 46.6 Å². The van der Waals surface area contributed by atoms with Gasteiger partial charge in [-0.1, -0.05) is 56.5 Å². The van der Waals surface area contributed by atoms with Gasteiger partial charge in [0.2, 0.25) is 5.91 Å². The van der Waals surface area contributed by atoms with Crippen LogP contribution in [0, 0.1) is 0 Å². The summed E-state index contributed by atoms with van der Waals surface area (Å²) in [6, 6.07) is 9.70. The van der Waals surface area contributed by atoms with E-state index >= 15 is 0 Å². The van der Waals surface area contributed by atoms with Crippen LogP contribution in [0.2, 0.25) is 0 Å². The monoisotopic (exact) mass is 275 g/mol. The maximum Gasteiger partial charge on any atom is 0.416 e. The zero-order chi connectivity index (χ0) is 14.4. The number of hydrogen-bond acceptors (Lipinski definition) is 3. The summed E-state index contributed by atoms with van der Waals surface area (Å²) >= 11 is 0. The normalized spacial score (nSPS) is 16.1. The number of unbranched alkanes of at least 4 members (excludes halogenated alkanes) is 2. The Morgan fingerprint density at radius 2 is 2.05 bits per heavy atom. The molecule has 1 aliphatic rings. The SMILES string of the molecule is CCCCCC(C(=O)N1CCOC1=O)c1ccccc1. The van der Waals surface area contributed by atoms with Crippen LogP contribution < -0.4 is 0 Å². The zero-order valence-electron chi connectivity index (χ0n) is 11.9. The minimum Gasteiger partial charge on any atom is -0.447 e. The number of carbonyl (C=O) groups excluding carboxylic acids is 2. The molecule has 4 nitrogen and oxygen atoms in total. The van der Waals surface area contributed by atoms with Gasteiger partial charge in [0.15, 0.2) is 0 Å². The van der Waals surface area contributed by atoms with Gasteiger partial charge in [-0.2, -0.15) is 0 Å². The van der Waals surface area contributed by atoms with E-state index in [0.29, 0.717) is 13.2 Å². The number of nitrogens with zero attached hydrogens (tertiary/aromatic N) is 1. The van der Waals surface area contributed by atoms with Gasteiger partial charge in [0.1, 0.15) is 6.61 Å². The van der Waals surface area contributed by atoms with Crippen molar-refractivity contribution in [3.8, 4) is 0 Å². The molecule has 20 heavy (non-hydrogen) atoms. The first kappa shape index (κ1) is 14.6. The maximum atomic E-state index is 12.6. The third-order valence-corrected chi connectivity index (χ3v) is 3.62. The van der Waals surface area contributed by atoms with Crippen LogP contribution in [-0.2, 0) is 9.53 Å². The minimum absolute atomic E-state index is 0.130. The fraction of sp³-hybridized carbons (Fsp3) is 0.500. The molecule has 108 valence electrons. The quantitative estimate of drug-likeness (QED) is 0.748. The average molecular weight is 275 g/mol. The molecule has 1 aromatic carbocycles. The average Bonchev–Trinajstić information content (AvgIpc) is 2.90. The molecular formula is C16H21NO3. The first-order valence-corrected chi connectivity index (χ1v) is 7.27. The summed E-state index contributed by atoms with van der Waals surface area (Å²) < 4.78 is 4.86. The highest BCUT2D eigenvalue weighted by atomic mass is 16.6. The van der Waals surface area contributed by atoms with Gasteiger partial charge in [-0.15, -0.1) is 0 Å². The molecule has 0 bridgehead atoms. The van der Waals surface area contributed by atoms with E-state index < -0.39 is 6.09 Å². The molecule has 4 heteroatoms. The second-order valence-electron chi connectivity index (χ2n) is 5.06. The molecule has 0 saturated carbocycles. The Kier molecular flexibility index (Phi) is 5.16. The lowest BCUT2D eigenvalue weighted by atomic mass is 9.92. The van der Waals surface area contributed by atoms with Gasteiger partial charge in [-0.05, 0) is 12.0 Å². The van der Waals surface area contributed by atoms with E-state index in [1.807, 2.05) is 30.3 Å². The largest absolute Gasteiger partial charge is 0.447 e. The molecule has 0 N–H and O–H groups in total. The number of rotatable bonds is 6. The van der Waals surface area contributed by atoms with Crippen LogP contribution in [0.4, 0.5) is 4.79 Å². The van der Waals surface area contributed by atoms with Crippen molar-refractivity contribution in [1.29, 1.82) is 0 Å². The van der Waals surface area contributed by atoms with E-state index in [4.69, 9.17) is 4.74 Å². The van der Waals surface area contributed by atoms with Gasteiger partial charge in [-0.25, -0.2) is 9.69 Å². The molecule has 1 heterocycles. The van der Waals surface area contributed by atoms with E-state index in [1.165, 1.54) is 4.90 Å². The Balaban J connectivity index is 2.13. The molecule has 0 spiro atoms. The predicted octanol–water partition coefficient (Wildman–Crippen LogP) is 3.33. The van der Waals surface area contributed by atoms with Crippen molar-refractivity contribution in [1.82, 2.24) is 4.90 Å². The fourth-order valence-electron chi connectivity index (χ4n) is 2.50. The molecule has 0 aliphatic carbocycles. The maximum absolute atomic E-state index is 12.6. The molecule has 2 rings (SSSR count). The van der Waals surface area contributed by atoms with Crippen LogP contribution >= 0.6 is 0 Å². The van der Waals surface area contributed by atoms with Crippen molar-refractivity contribution in [2.45, 2.75) is 38.5 Å². The molecule has 1 atom stereocenters. The highest BCUT2D eigenvalue weighted by Crippen LogP contribution is 2.26. The molecule has 1 saturated heterocycles. The minimum atomic E-state index is -0.508. The molecule has 1 aromatic rings. The van der Waals surface area contributed by atoms with Crippen LogP contribution in [-0.4, -0.2) is 30.1 Å².